The Morgan fingerprint density at radius 2 is 1.94 bits per heavy atom. The van der Waals surface area contributed by atoms with Gasteiger partial charge in [0.2, 0.25) is 5.88 Å². The molecule has 1 heterocycles. The Morgan fingerprint density at radius 1 is 1.20 bits per heavy atom. The molecule has 0 aliphatic carbocycles. The first-order valence-electron chi connectivity index (χ1n) is 9.88. The lowest BCUT2D eigenvalue weighted by atomic mass is 10.1. The summed E-state index contributed by atoms with van der Waals surface area (Å²) in [7, 11) is 0. The molecule has 0 bridgehead atoms. The molecule has 0 spiro atoms. The minimum atomic E-state index is -4.83. The second kappa shape index (κ2) is 10.8. The van der Waals surface area contributed by atoms with Crippen molar-refractivity contribution in [3.8, 4) is 17.4 Å². The summed E-state index contributed by atoms with van der Waals surface area (Å²) in [6.45, 7) is 0.636. The Hall–Kier alpha value is -3.48. The first kappa shape index (κ1) is 26.1. The van der Waals surface area contributed by atoms with E-state index < -0.39 is 46.9 Å². The number of hydrogen-bond donors (Lipinski definition) is 3. The molecule has 0 saturated carbocycles. The van der Waals surface area contributed by atoms with Crippen LogP contribution in [0.2, 0.25) is 5.02 Å². The van der Waals surface area contributed by atoms with Crippen LogP contribution in [0.5, 0.6) is 17.4 Å². The van der Waals surface area contributed by atoms with Crippen molar-refractivity contribution in [2.24, 2.45) is 0 Å². The summed E-state index contributed by atoms with van der Waals surface area (Å²) < 4.78 is 64.4. The average molecular weight is 516 g/mol. The summed E-state index contributed by atoms with van der Waals surface area (Å²) in [5, 5.41) is 27.2. The molecule has 0 radical (unpaired) electrons. The number of amides is 1. The summed E-state index contributed by atoms with van der Waals surface area (Å²) in [6.07, 6.45) is -4.86. The minimum absolute atomic E-state index is 0.0274. The lowest BCUT2D eigenvalue weighted by Crippen LogP contribution is -2.21. The van der Waals surface area contributed by atoms with E-state index in [1.807, 2.05) is 0 Å². The first-order chi connectivity index (χ1) is 16.5. The van der Waals surface area contributed by atoms with Gasteiger partial charge in [-0.3, -0.25) is 4.79 Å². The zero-order valence-electron chi connectivity index (χ0n) is 17.9. The third-order valence-electron chi connectivity index (χ3n) is 4.50. The van der Waals surface area contributed by atoms with E-state index in [4.69, 9.17) is 26.2 Å². The standard InChI is InChI=1S/C22H18ClF4N3O5/c1-11-4-12(24)2-3-18(11)35-19-7-16(22(25,26)27)17(23)6-15(19)21(33)29-13-5-20(30-28-8-13)34-10-14(32)9-31/h2-8,14,31-32H,9-10H2,1H3,(H,29,30,33)/t14-/m1/s1. The Bertz CT molecular complexity index is 1230. The maximum atomic E-state index is 13.4. The zero-order valence-corrected chi connectivity index (χ0v) is 18.7. The average Bonchev–Trinajstić information content (AvgIpc) is 2.79. The molecule has 1 atom stereocenters. The summed E-state index contributed by atoms with van der Waals surface area (Å²) in [6, 6.07) is 6.01. The number of benzene rings is 2. The normalized spacial score (nSPS) is 12.2. The van der Waals surface area contributed by atoms with Crippen LogP contribution in [0.25, 0.3) is 0 Å². The number of carbonyl (C=O) groups excluding carboxylic acids is 1. The van der Waals surface area contributed by atoms with Gasteiger partial charge in [-0.25, -0.2) is 4.39 Å². The number of halogens is 5. The van der Waals surface area contributed by atoms with Crippen molar-refractivity contribution >= 4 is 23.2 Å². The molecule has 0 fully saturated rings. The van der Waals surface area contributed by atoms with Gasteiger partial charge in [-0.2, -0.15) is 18.3 Å². The highest BCUT2D eigenvalue weighted by Gasteiger charge is 2.35. The number of carbonyl (C=O) groups is 1. The second-order valence-electron chi connectivity index (χ2n) is 7.22. The maximum absolute atomic E-state index is 13.4. The molecule has 186 valence electrons. The van der Waals surface area contributed by atoms with Crippen LogP contribution in [0.4, 0.5) is 23.2 Å². The van der Waals surface area contributed by atoms with Crippen LogP contribution in [0.15, 0.2) is 42.6 Å². The molecule has 0 aliphatic rings. The van der Waals surface area contributed by atoms with Crippen molar-refractivity contribution in [2.45, 2.75) is 19.2 Å². The maximum Gasteiger partial charge on any atom is 0.417 e. The molecule has 3 rings (SSSR count). The van der Waals surface area contributed by atoms with E-state index in [9.17, 15) is 27.5 Å². The molecule has 3 aromatic rings. The zero-order chi connectivity index (χ0) is 25.8. The number of aliphatic hydroxyl groups excluding tert-OH is 2. The fraction of sp³-hybridized carbons (Fsp3) is 0.227. The highest BCUT2D eigenvalue weighted by molar-refractivity contribution is 6.32. The molecule has 2 aromatic carbocycles. The fourth-order valence-corrected chi connectivity index (χ4v) is 3.07. The molecular weight excluding hydrogens is 498 g/mol. The van der Waals surface area contributed by atoms with Crippen molar-refractivity contribution in [1.29, 1.82) is 0 Å². The van der Waals surface area contributed by atoms with E-state index in [0.717, 1.165) is 24.4 Å². The van der Waals surface area contributed by atoms with Crippen LogP contribution in [0.3, 0.4) is 0 Å². The van der Waals surface area contributed by atoms with Crippen LogP contribution < -0.4 is 14.8 Å². The SMILES string of the molecule is Cc1cc(F)ccc1Oc1cc(C(F)(F)F)c(Cl)cc1C(=O)Nc1cnnc(OC[C@H](O)CO)c1. The van der Waals surface area contributed by atoms with Gasteiger partial charge in [0.15, 0.2) is 0 Å². The Kier molecular flexibility index (Phi) is 8.10. The molecule has 0 unspecified atom stereocenters. The van der Waals surface area contributed by atoms with Crippen molar-refractivity contribution < 1.29 is 42.0 Å². The third-order valence-corrected chi connectivity index (χ3v) is 4.81. The van der Waals surface area contributed by atoms with Crippen LogP contribution in [-0.2, 0) is 6.18 Å². The molecule has 35 heavy (non-hydrogen) atoms. The van der Waals surface area contributed by atoms with Gasteiger partial charge < -0.3 is 25.0 Å². The van der Waals surface area contributed by atoms with E-state index in [1.165, 1.54) is 19.1 Å². The second-order valence-corrected chi connectivity index (χ2v) is 7.63. The van der Waals surface area contributed by atoms with Crippen LogP contribution in [0, 0.1) is 12.7 Å². The Balaban J connectivity index is 1.94. The number of aliphatic hydroxyl groups is 2. The summed E-state index contributed by atoms with van der Waals surface area (Å²) in [4.78, 5) is 12.9. The summed E-state index contributed by atoms with van der Waals surface area (Å²) in [5.41, 5.74) is -1.24. The number of anilines is 1. The largest absolute Gasteiger partial charge is 0.474 e. The predicted molar refractivity (Wildman–Crippen MR) is 116 cm³/mol. The molecule has 0 saturated heterocycles. The molecule has 0 aliphatic heterocycles. The highest BCUT2D eigenvalue weighted by Crippen LogP contribution is 2.40. The number of rotatable bonds is 8. The molecule has 1 amide bonds. The van der Waals surface area contributed by atoms with Gasteiger partial charge in [0.05, 0.1) is 34.6 Å². The molecule has 13 heteroatoms. The smallest absolute Gasteiger partial charge is 0.417 e. The molecule has 1 aromatic heterocycles. The number of nitrogens with zero attached hydrogens (tertiary/aromatic N) is 2. The third kappa shape index (κ3) is 6.78. The predicted octanol–water partition coefficient (Wildman–Crippen LogP) is 4.37. The summed E-state index contributed by atoms with van der Waals surface area (Å²) >= 11 is 5.81. The van der Waals surface area contributed by atoms with Gasteiger partial charge in [0, 0.05) is 6.07 Å². The lowest BCUT2D eigenvalue weighted by Gasteiger charge is -2.17. The number of ether oxygens (including phenoxy) is 2. The van der Waals surface area contributed by atoms with Crippen molar-refractivity contribution in [2.75, 3.05) is 18.5 Å². The van der Waals surface area contributed by atoms with E-state index in [2.05, 4.69) is 15.5 Å². The van der Waals surface area contributed by atoms with E-state index in [-0.39, 0.29) is 35.1 Å². The number of aromatic nitrogens is 2. The van der Waals surface area contributed by atoms with Crippen molar-refractivity contribution in [1.82, 2.24) is 10.2 Å². The Morgan fingerprint density at radius 3 is 2.60 bits per heavy atom. The highest BCUT2D eigenvalue weighted by atomic mass is 35.5. The van der Waals surface area contributed by atoms with Crippen molar-refractivity contribution in [3.05, 3.63) is 70.1 Å². The molecule has 3 N–H and O–H groups in total. The quantitative estimate of drug-likeness (QED) is 0.382. The van der Waals surface area contributed by atoms with Gasteiger partial charge in [-0.05, 0) is 42.8 Å². The first-order valence-corrected chi connectivity index (χ1v) is 10.3. The van der Waals surface area contributed by atoms with E-state index in [0.29, 0.717) is 6.07 Å². The lowest BCUT2D eigenvalue weighted by molar-refractivity contribution is -0.137. The van der Waals surface area contributed by atoms with Gasteiger partial charge >= 0.3 is 6.18 Å². The van der Waals surface area contributed by atoms with Gasteiger partial charge in [0.1, 0.15) is 30.0 Å². The van der Waals surface area contributed by atoms with Crippen molar-refractivity contribution in [3.63, 3.8) is 0 Å². The number of nitrogens with one attached hydrogen (secondary N) is 1. The number of aryl methyl sites for hydroxylation is 1. The fourth-order valence-electron chi connectivity index (χ4n) is 2.80. The van der Waals surface area contributed by atoms with Crippen LogP contribution >= 0.6 is 11.6 Å². The van der Waals surface area contributed by atoms with Gasteiger partial charge in [0.25, 0.3) is 5.91 Å². The topological polar surface area (TPSA) is 114 Å². The van der Waals surface area contributed by atoms with Gasteiger partial charge in [-0.1, -0.05) is 11.6 Å². The number of alkyl halides is 3. The van der Waals surface area contributed by atoms with E-state index >= 15 is 0 Å². The van der Waals surface area contributed by atoms with Gasteiger partial charge in [-0.15, -0.1) is 5.10 Å². The molecular formula is C22H18ClF4N3O5. The minimum Gasteiger partial charge on any atom is -0.474 e. The molecule has 8 nitrogen and oxygen atoms in total. The van der Waals surface area contributed by atoms with Crippen LogP contribution in [0.1, 0.15) is 21.5 Å². The monoisotopic (exact) mass is 515 g/mol. The Labute approximate surface area is 201 Å². The summed E-state index contributed by atoms with van der Waals surface area (Å²) in [5.74, 6) is -2.02. The number of hydrogen-bond acceptors (Lipinski definition) is 7. The van der Waals surface area contributed by atoms with E-state index in [1.54, 1.807) is 0 Å². The van der Waals surface area contributed by atoms with Crippen LogP contribution in [-0.4, -0.2) is 45.6 Å².